The van der Waals surface area contributed by atoms with Gasteiger partial charge < -0.3 is 5.73 Å². The van der Waals surface area contributed by atoms with Crippen LogP contribution in [-0.2, 0) is 0 Å². The number of nitrogens with two attached hydrogens (primary N) is 1. The maximum Gasteiger partial charge on any atom is 0.267 e. The van der Waals surface area contributed by atoms with E-state index in [1.54, 1.807) is 6.07 Å². The van der Waals surface area contributed by atoms with Gasteiger partial charge in [0, 0.05) is 11.1 Å². The van der Waals surface area contributed by atoms with Crippen LogP contribution in [0.1, 0.15) is 16.2 Å². The Kier molecular flexibility index (Phi) is 1.93. The van der Waals surface area contributed by atoms with Crippen molar-refractivity contribution in [3.8, 4) is 0 Å². The number of hydrogen-bond acceptors (Lipinski definition) is 2. The van der Waals surface area contributed by atoms with Crippen LogP contribution in [0.3, 0.4) is 0 Å². The zero-order valence-corrected chi connectivity index (χ0v) is 7.82. The summed E-state index contributed by atoms with van der Waals surface area (Å²) in [6.45, 7) is 1.87. The number of aryl methyl sites for hydroxylation is 1. The van der Waals surface area contributed by atoms with Gasteiger partial charge >= 0.3 is 0 Å². The Morgan fingerprint density at radius 2 is 2.07 bits per heavy atom. The van der Waals surface area contributed by atoms with E-state index in [1.165, 1.54) is 0 Å². The third-order valence-electron chi connectivity index (χ3n) is 2.18. The highest BCUT2D eigenvalue weighted by molar-refractivity contribution is 5.96. The smallest absolute Gasteiger partial charge is 0.267 e. The molecular formula is C11H10N2O. The zero-order valence-electron chi connectivity index (χ0n) is 7.82. The number of carbonyl (C=O) groups is 1. The number of rotatable bonds is 1. The topological polar surface area (TPSA) is 56.0 Å². The van der Waals surface area contributed by atoms with Crippen molar-refractivity contribution in [2.75, 3.05) is 0 Å². The van der Waals surface area contributed by atoms with E-state index in [4.69, 9.17) is 5.73 Å². The van der Waals surface area contributed by atoms with Crippen LogP contribution in [0.15, 0.2) is 30.3 Å². The number of aromatic nitrogens is 1. The zero-order chi connectivity index (χ0) is 10.1. The molecule has 0 saturated heterocycles. The number of benzene rings is 1. The van der Waals surface area contributed by atoms with Crippen LogP contribution in [0.4, 0.5) is 0 Å². The lowest BCUT2D eigenvalue weighted by molar-refractivity contribution is 0.0995. The average Bonchev–Trinajstić information content (AvgIpc) is 2.17. The minimum absolute atomic E-state index is 0.321. The van der Waals surface area contributed by atoms with Gasteiger partial charge in [-0.05, 0) is 18.4 Å². The molecule has 70 valence electrons. The molecule has 0 fully saturated rings. The minimum atomic E-state index is -0.487. The molecule has 1 amide bonds. The predicted octanol–water partition coefficient (Wildman–Crippen LogP) is 1.64. The summed E-state index contributed by atoms with van der Waals surface area (Å²) in [6.07, 6.45) is 0. The third-order valence-corrected chi connectivity index (χ3v) is 2.18. The van der Waals surface area contributed by atoms with Gasteiger partial charge in [-0.25, -0.2) is 4.98 Å². The molecule has 1 aromatic carbocycles. The molecule has 0 spiro atoms. The quantitative estimate of drug-likeness (QED) is 0.736. The Morgan fingerprint density at radius 3 is 2.79 bits per heavy atom. The van der Waals surface area contributed by atoms with E-state index < -0.39 is 5.91 Å². The molecule has 0 saturated carbocycles. The summed E-state index contributed by atoms with van der Waals surface area (Å²) in [4.78, 5) is 15.1. The first-order chi connectivity index (χ1) is 6.68. The van der Waals surface area contributed by atoms with Crippen molar-refractivity contribution in [2.45, 2.75) is 6.92 Å². The van der Waals surface area contributed by atoms with Crippen LogP contribution in [-0.4, -0.2) is 10.9 Å². The van der Waals surface area contributed by atoms with Crippen LogP contribution < -0.4 is 5.73 Å². The second-order valence-corrected chi connectivity index (χ2v) is 3.18. The maximum atomic E-state index is 11.0. The maximum absolute atomic E-state index is 11.0. The molecule has 1 heterocycles. The molecule has 2 N–H and O–H groups in total. The molecule has 1 aromatic heterocycles. The fourth-order valence-electron chi connectivity index (χ4n) is 1.50. The highest BCUT2D eigenvalue weighted by Gasteiger charge is 2.05. The Labute approximate surface area is 81.6 Å². The minimum Gasteiger partial charge on any atom is -0.364 e. The van der Waals surface area contributed by atoms with E-state index in [9.17, 15) is 4.79 Å². The van der Waals surface area contributed by atoms with Crippen molar-refractivity contribution < 1.29 is 4.79 Å². The molecular weight excluding hydrogens is 176 g/mol. The molecule has 0 aliphatic heterocycles. The van der Waals surface area contributed by atoms with Crippen LogP contribution in [0, 0.1) is 6.92 Å². The van der Waals surface area contributed by atoms with Crippen molar-refractivity contribution in [1.82, 2.24) is 4.98 Å². The third kappa shape index (κ3) is 1.33. The summed E-state index contributed by atoms with van der Waals surface area (Å²) in [5.41, 5.74) is 6.32. The van der Waals surface area contributed by atoms with Crippen molar-refractivity contribution in [3.63, 3.8) is 0 Å². The van der Waals surface area contributed by atoms with Gasteiger partial charge in [-0.15, -0.1) is 0 Å². The molecule has 3 heteroatoms. The Morgan fingerprint density at radius 1 is 1.36 bits per heavy atom. The van der Waals surface area contributed by atoms with Gasteiger partial charge in [0.15, 0.2) is 0 Å². The van der Waals surface area contributed by atoms with Gasteiger partial charge in [-0.3, -0.25) is 4.79 Å². The largest absolute Gasteiger partial charge is 0.364 e. The summed E-state index contributed by atoms with van der Waals surface area (Å²) in [5, 5.41) is 2.05. The molecule has 2 rings (SSSR count). The molecule has 14 heavy (non-hydrogen) atoms. The van der Waals surface area contributed by atoms with E-state index in [1.807, 2.05) is 31.2 Å². The summed E-state index contributed by atoms with van der Waals surface area (Å²) < 4.78 is 0. The first-order valence-electron chi connectivity index (χ1n) is 4.34. The fourth-order valence-corrected chi connectivity index (χ4v) is 1.50. The first kappa shape index (κ1) is 8.69. The summed E-state index contributed by atoms with van der Waals surface area (Å²) >= 11 is 0. The van der Waals surface area contributed by atoms with E-state index >= 15 is 0 Å². The second kappa shape index (κ2) is 3.10. The monoisotopic (exact) mass is 186 g/mol. The van der Waals surface area contributed by atoms with E-state index in [-0.39, 0.29) is 0 Å². The van der Waals surface area contributed by atoms with Crippen molar-refractivity contribution in [2.24, 2.45) is 5.73 Å². The van der Waals surface area contributed by atoms with Crippen molar-refractivity contribution >= 4 is 16.7 Å². The average molecular weight is 186 g/mol. The number of primary amides is 1. The molecule has 0 atom stereocenters. The van der Waals surface area contributed by atoms with Gasteiger partial charge in [0.05, 0.1) is 0 Å². The van der Waals surface area contributed by atoms with Gasteiger partial charge in [0.25, 0.3) is 5.91 Å². The highest BCUT2D eigenvalue weighted by atomic mass is 16.1. The van der Waals surface area contributed by atoms with E-state index in [0.29, 0.717) is 5.69 Å². The molecule has 3 nitrogen and oxygen atoms in total. The first-order valence-corrected chi connectivity index (χ1v) is 4.34. The lowest BCUT2D eigenvalue weighted by atomic mass is 10.1. The number of amides is 1. The second-order valence-electron chi connectivity index (χ2n) is 3.18. The van der Waals surface area contributed by atoms with Crippen molar-refractivity contribution in [3.05, 3.63) is 41.7 Å². The van der Waals surface area contributed by atoms with Gasteiger partial charge in [-0.2, -0.15) is 0 Å². The van der Waals surface area contributed by atoms with Gasteiger partial charge in [0.1, 0.15) is 5.69 Å². The van der Waals surface area contributed by atoms with Crippen LogP contribution in [0.2, 0.25) is 0 Å². The van der Waals surface area contributed by atoms with Gasteiger partial charge in [0.2, 0.25) is 0 Å². The number of carbonyl (C=O) groups excluding carboxylic acids is 1. The number of fused-ring (bicyclic) bond motifs is 1. The van der Waals surface area contributed by atoms with Crippen molar-refractivity contribution in [1.29, 1.82) is 0 Å². The van der Waals surface area contributed by atoms with E-state index in [0.717, 1.165) is 16.5 Å². The Hall–Kier alpha value is -1.90. The van der Waals surface area contributed by atoms with Gasteiger partial charge in [-0.1, -0.05) is 24.3 Å². The van der Waals surface area contributed by atoms with Crippen LogP contribution in [0.5, 0.6) is 0 Å². The molecule has 0 aliphatic carbocycles. The van der Waals surface area contributed by atoms with Crippen LogP contribution in [0.25, 0.3) is 10.8 Å². The number of nitrogens with zero attached hydrogens (tertiary/aromatic N) is 1. The lowest BCUT2D eigenvalue weighted by Gasteiger charge is -2.03. The SMILES string of the molecule is Cc1nc(C(N)=O)cc2ccccc12. The molecule has 0 radical (unpaired) electrons. The normalized spacial score (nSPS) is 10.4. The summed E-state index contributed by atoms with van der Waals surface area (Å²) in [7, 11) is 0. The Balaban J connectivity index is 2.78. The Bertz CT molecular complexity index is 506. The highest BCUT2D eigenvalue weighted by Crippen LogP contribution is 2.17. The number of hydrogen-bond donors (Lipinski definition) is 1. The summed E-state index contributed by atoms with van der Waals surface area (Å²) in [5.74, 6) is -0.487. The fraction of sp³-hybridized carbons (Fsp3) is 0.0909. The molecule has 0 bridgehead atoms. The van der Waals surface area contributed by atoms with E-state index in [2.05, 4.69) is 4.98 Å². The number of pyridine rings is 1. The van der Waals surface area contributed by atoms with Crippen LogP contribution >= 0.6 is 0 Å². The predicted molar refractivity (Wildman–Crippen MR) is 55.0 cm³/mol. The molecule has 0 unspecified atom stereocenters. The molecule has 2 aromatic rings. The molecule has 0 aliphatic rings. The lowest BCUT2D eigenvalue weighted by Crippen LogP contribution is -2.13. The summed E-state index contributed by atoms with van der Waals surface area (Å²) in [6, 6.07) is 9.50. The standard InChI is InChI=1S/C11H10N2O/c1-7-9-5-3-2-4-8(9)6-10(13-7)11(12)14/h2-6H,1H3,(H2,12,14).